The van der Waals surface area contributed by atoms with Gasteiger partial charge in [-0.25, -0.2) is 4.98 Å². The third-order valence-electron chi connectivity index (χ3n) is 4.59. The molecule has 0 bridgehead atoms. The van der Waals surface area contributed by atoms with E-state index in [9.17, 15) is 13.2 Å². The molecular formula is C18H24F3N5. The van der Waals surface area contributed by atoms with Crippen LogP contribution in [0, 0.1) is 0 Å². The van der Waals surface area contributed by atoms with Crippen LogP contribution in [0.3, 0.4) is 0 Å². The second kappa shape index (κ2) is 8.55. The minimum absolute atomic E-state index is 0.583. The first-order valence-corrected chi connectivity index (χ1v) is 8.86. The summed E-state index contributed by atoms with van der Waals surface area (Å²) in [6, 6.07) is 5.60. The van der Waals surface area contributed by atoms with Gasteiger partial charge in [0.25, 0.3) is 0 Å². The molecule has 142 valence electrons. The highest BCUT2D eigenvalue weighted by Gasteiger charge is 2.31. The molecule has 0 amide bonds. The van der Waals surface area contributed by atoms with Crippen LogP contribution in [0.2, 0.25) is 0 Å². The molecule has 0 unspecified atom stereocenters. The summed E-state index contributed by atoms with van der Waals surface area (Å²) in [5.41, 5.74) is 0.0691. The number of benzene rings is 1. The summed E-state index contributed by atoms with van der Waals surface area (Å²) >= 11 is 0. The van der Waals surface area contributed by atoms with Gasteiger partial charge in [-0.1, -0.05) is 6.07 Å². The topological polar surface area (TPSA) is 47.2 Å². The smallest absolute Gasteiger partial charge is 0.369 e. The second-order valence-electron chi connectivity index (χ2n) is 6.44. The first kappa shape index (κ1) is 18.7. The summed E-state index contributed by atoms with van der Waals surface area (Å²) in [5.74, 6) is 0.930. The van der Waals surface area contributed by atoms with E-state index in [1.165, 1.54) is 12.1 Å². The van der Waals surface area contributed by atoms with Crippen LogP contribution in [0.5, 0.6) is 0 Å². The van der Waals surface area contributed by atoms with Gasteiger partial charge in [0, 0.05) is 44.3 Å². The highest BCUT2D eigenvalue weighted by Crippen LogP contribution is 2.31. The summed E-state index contributed by atoms with van der Waals surface area (Å²) in [6.07, 6.45) is 0.284. The minimum Gasteiger partial charge on any atom is -0.369 e. The van der Waals surface area contributed by atoms with Crippen LogP contribution in [-0.4, -0.2) is 54.1 Å². The van der Waals surface area contributed by atoms with E-state index in [1.54, 1.807) is 18.5 Å². The molecule has 1 fully saturated rings. The molecule has 0 spiro atoms. The first-order valence-electron chi connectivity index (χ1n) is 8.86. The number of halogens is 3. The number of nitrogens with zero attached hydrogens (tertiary/aromatic N) is 3. The Kier molecular flexibility index (Phi) is 6.16. The fraction of sp³-hybridized carbons (Fsp3) is 0.500. The molecule has 1 aromatic carbocycles. The van der Waals surface area contributed by atoms with Crippen LogP contribution in [0.1, 0.15) is 17.8 Å². The lowest BCUT2D eigenvalue weighted by atomic mass is 10.1. The van der Waals surface area contributed by atoms with Crippen LogP contribution in [0.15, 0.2) is 36.7 Å². The van der Waals surface area contributed by atoms with Crippen LogP contribution in [0.25, 0.3) is 0 Å². The number of aromatic amines is 1. The summed E-state index contributed by atoms with van der Waals surface area (Å²) in [7, 11) is 0. The Labute approximate surface area is 151 Å². The molecule has 1 aliphatic heterocycles. The molecule has 2 heterocycles. The molecule has 1 aliphatic rings. The van der Waals surface area contributed by atoms with Crippen molar-refractivity contribution in [2.24, 2.45) is 0 Å². The van der Waals surface area contributed by atoms with Crippen molar-refractivity contribution in [1.82, 2.24) is 20.2 Å². The van der Waals surface area contributed by atoms with E-state index in [4.69, 9.17) is 0 Å². The summed E-state index contributed by atoms with van der Waals surface area (Å²) in [5, 5.41) is 3.34. The molecule has 3 rings (SSSR count). The van der Waals surface area contributed by atoms with Crippen LogP contribution in [0.4, 0.5) is 18.9 Å². The van der Waals surface area contributed by atoms with Gasteiger partial charge in [0.15, 0.2) is 0 Å². The predicted octanol–water partition coefficient (Wildman–Crippen LogP) is 2.73. The molecule has 1 saturated heterocycles. The molecule has 2 aromatic rings. The number of H-pyrrole nitrogens is 1. The van der Waals surface area contributed by atoms with Gasteiger partial charge in [0.1, 0.15) is 5.82 Å². The van der Waals surface area contributed by atoms with Crippen molar-refractivity contribution in [2.45, 2.75) is 19.1 Å². The van der Waals surface area contributed by atoms with Crippen molar-refractivity contribution in [2.75, 3.05) is 44.2 Å². The maximum absolute atomic E-state index is 12.9. The van der Waals surface area contributed by atoms with E-state index in [0.717, 1.165) is 64.1 Å². The Morgan fingerprint density at radius 3 is 2.65 bits per heavy atom. The number of nitrogens with one attached hydrogen (secondary N) is 2. The van der Waals surface area contributed by atoms with E-state index in [0.29, 0.717) is 5.69 Å². The Morgan fingerprint density at radius 1 is 1.15 bits per heavy atom. The molecule has 1 aromatic heterocycles. The van der Waals surface area contributed by atoms with Gasteiger partial charge < -0.3 is 15.2 Å². The third-order valence-corrected chi connectivity index (χ3v) is 4.59. The highest BCUT2D eigenvalue weighted by molar-refractivity contribution is 5.49. The predicted molar refractivity (Wildman–Crippen MR) is 95.0 cm³/mol. The maximum atomic E-state index is 12.9. The SMILES string of the molecule is FC(F)(F)c1cccc(N2CCN(CCCNCc3ncc[nH]3)CC2)c1. The average Bonchev–Trinajstić information content (AvgIpc) is 3.15. The lowest BCUT2D eigenvalue weighted by molar-refractivity contribution is -0.137. The van der Waals surface area contributed by atoms with Crippen LogP contribution < -0.4 is 10.2 Å². The van der Waals surface area contributed by atoms with E-state index in [2.05, 4.69) is 20.2 Å². The third kappa shape index (κ3) is 5.22. The van der Waals surface area contributed by atoms with E-state index in [1.807, 2.05) is 4.90 Å². The Bertz CT molecular complexity index is 664. The lowest BCUT2D eigenvalue weighted by Crippen LogP contribution is -2.47. The fourth-order valence-corrected chi connectivity index (χ4v) is 3.14. The number of alkyl halides is 3. The van der Waals surface area contributed by atoms with Gasteiger partial charge in [-0.2, -0.15) is 13.2 Å². The van der Waals surface area contributed by atoms with Crippen molar-refractivity contribution in [1.29, 1.82) is 0 Å². The molecule has 8 heteroatoms. The van der Waals surface area contributed by atoms with Gasteiger partial charge in [-0.3, -0.25) is 4.90 Å². The van der Waals surface area contributed by atoms with Crippen molar-refractivity contribution in [3.8, 4) is 0 Å². The number of rotatable bonds is 7. The molecule has 0 radical (unpaired) electrons. The zero-order chi connectivity index (χ0) is 18.4. The largest absolute Gasteiger partial charge is 0.416 e. The Balaban J connectivity index is 1.37. The lowest BCUT2D eigenvalue weighted by Gasteiger charge is -2.36. The molecule has 2 N–H and O–H groups in total. The second-order valence-corrected chi connectivity index (χ2v) is 6.44. The van der Waals surface area contributed by atoms with E-state index in [-0.39, 0.29) is 0 Å². The summed E-state index contributed by atoms with van der Waals surface area (Å²) in [6.45, 7) is 5.87. The van der Waals surface area contributed by atoms with Crippen molar-refractivity contribution in [3.63, 3.8) is 0 Å². The van der Waals surface area contributed by atoms with Crippen LogP contribution in [-0.2, 0) is 12.7 Å². The zero-order valence-corrected chi connectivity index (χ0v) is 14.6. The zero-order valence-electron chi connectivity index (χ0n) is 14.6. The van der Waals surface area contributed by atoms with Gasteiger partial charge >= 0.3 is 6.18 Å². The normalized spacial score (nSPS) is 16.2. The number of imidazole rings is 1. The number of hydrogen-bond acceptors (Lipinski definition) is 4. The van der Waals surface area contributed by atoms with E-state index < -0.39 is 11.7 Å². The monoisotopic (exact) mass is 367 g/mol. The van der Waals surface area contributed by atoms with Gasteiger partial charge in [-0.05, 0) is 37.7 Å². The number of aromatic nitrogens is 2. The quantitative estimate of drug-likeness (QED) is 0.739. The molecule has 5 nitrogen and oxygen atoms in total. The minimum atomic E-state index is -4.29. The van der Waals surface area contributed by atoms with Gasteiger partial charge in [0.05, 0.1) is 12.1 Å². The van der Waals surface area contributed by atoms with Gasteiger partial charge in [0.2, 0.25) is 0 Å². The molecular weight excluding hydrogens is 343 g/mol. The summed E-state index contributed by atoms with van der Waals surface area (Å²) < 4.78 is 38.6. The van der Waals surface area contributed by atoms with E-state index >= 15 is 0 Å². The average molecular weight is 367 g/mol. The molecule has 26 heavy (non-hydrogen) atoms. The van der Waals surface area contributed by atoms with Gasteiger partial charge in [-0.15, -0.1) is 0 Å². The Hall–Kier alpha value is -2.06. The van der Waals surface area contributed by atoms with Crippen molar-refractivity contribution in [3.05, 3.63) is 48.0 Å². The fourth-order valence-electron chi connectivity index (χ4n) is 3.14. The number of anilines is 1. The van der Waals surface area contributed by atoms with Crippen molar-refractivity contribution < 1.29 is 13.2 Å². The van der Waals surface area contributed by atoms with Crippen molar-refractivity contribution >= 4 is 5.69 Å². The maximum Gasteiger partial charge on any atom is 0.416 e. The molecule has 0 atom stereocenters. The van der Waals surface area contributed by atoms with Crippen LogP contribution >= 0.6 is 0 Å². The Morgan fingerprint density at radius 2 is 1.96 bits per heavy atom. The standard InChI is InChI=1S/C18H24F3N5/c19-18(20,21)15-3-1-4-16(13-15)26-11-9-25(10-12-26)8-2-5-22-14-17-23-6-7-24-17/h1,3-4,6-7,13,22H,2,5,8-12,14H2,(H,23,24). The molecule has 0 aliphatic carbocycles. The number of hydrogen-bond donors (Lipinski definition) is 2. The number of piperazine rings is 1. The first-order chi connectivity index (χ1) is 12.5. The highest BCUT2D eigenvalue weighted by atomic mass is 19.4. The molecule has 0 saturated carbocycles. The summed E-state index contributed by atoms with van der Waals surface area (Å²) in [4.78, 5) is 11.6.